The molecular formula is C22H17ClN4O. The number of hydrogen-bond acceptors (Lipinski definition) is 3. The minimum atomic E-state index is -0.222. The molecule has 0 saturated carbocycles. The summed E-state index contributed by atoms with van der Waals surface area (Å²) in [7, 11) is 0. The molecule has 1 N–H and O–H groups in total. The molecule has 1 amide bonds. The van der Waals surface area contributed by atoms with E-state index in [0.717, 1.165) is 16.8 Å². The number of rotatable bonds is 4. The molecule has 0 spiro atoms. The molecule has 0 radical (unpaired) electrons. The van der Waals surface area contributed by atoms with Gasteiger partial charge in [-0.15, -0.1) is 10.2 Å². The fraction of sp³-hybridized carbons (Fsp3) is 0.0455. The van der Waals surface area contributed by atoms with Crippen LogP contribution in [0.4, 0.5) is 5.69 Å². The Bertz CT molecular complexity index is 1160. The minimum absolute atomic E-state index is 0.222. The second-order valence-corrected chi connectivity index (χ2v) is 6.84. The molecule has 138 valence electrons. The molecule has 0 aliphatic carbocycles. The number of nitrogens with one attached hydrogen (secondary N) is 1. The number of halogens is 1. The largest absolute Gasteiger partial charge is 0.322 e. The van der Waals surface area contributed by atoms with Crippen LogP contribution in [0.1, 0.15) is 11.1 Å². The third-order valence-electron chi connectivity index (χ3n) is 4.21. The van der Waals surface area contributed by atoms with Crippen molar-refractivity contribution in [2.45, 2.75) is 6.92 Å². The van der Waals surface area contributed by atoms with Gasteiger partial charge in [0.15, 0.2) is 0 Å². The maximum absolute atomic E-state index is 12.2. The fourth-order valence-corrected chi connectivity index (χ4v) is 2.84. The van der Waals surface area contributed by atoms with Gasteiger partial charge in [0.2, 0.25) is 5.91 Å². The van der Waals surface area contributed by atoms with Crippen LogP contribution in [-0.4, -0.2) is 20.9 Å². The summed E-state index contributed by atoms with van der Waals surface area (Å²) < 4.78 is 0. The predicted octanol–water partition coefficient (Wildman–Crippen LogP) is 5.03. The number of amides is 1. The van der Waals surface area contributed by atoms with Gasteiger partial charge in [0.05, 0.1) is 5.69 Å². The van der Waals surface area contributed by atoms with E-state index in [0.29, 0.717) is 16.2 Å². The normalized spacial score (nSPS) is 11.2. The summed E-state index contributed by atoms with van der Waals surface area (Å²) in [5.41, 5.74) is 5.09. The SMILES string of the molecule is Cc1ccc(-n2nc3ccc(NC(=O)/C=C/c4ccc(Cl)cc4)cc3n2)cc1. The lowest BCUT2D eigenvalue weighted by Gasteiger charge is -2.01. The van der Waals surface area contributed by atoms with Gasteiger partial charge in [0.25, 0.3) is 0 Å². The number of carbonyl (C=O) groups excluding carboxylic acids is 1. The van der Waals surface area contributed by atoms with E-state index in [9.17, 15) is 4.79 Å². The summed E-state index contributed by atoms with van der Waals surface area (Å²) in [6.07, 6.45) is 3.22. The van der Waals surface area contributed by atoms with E-state index in [1.807, 2.05) is 55.5 Å². The first-order valence-corrected chi connectivity index (χ1v) is 9.13. The number of fused-ring (bicyclic) bond motifs is 1. The quantitative estimate of drug-likeness (QED) is 0.498. The molecule has 0 saturated heterocycles. The van der Waals surface area contributed by atoms with Gasteiger partial charge in [-0.05, 0) is 61.0 Å². The molecule has 28 heavy (non-hydrogen) atoms. The van der Waals surface area contributed by atoms with E-state index in [4.69, 9.17) is 11.6 Å². The lowest BCUT2D eigenvalue weighted by molar-refractivity contribution is -0.111. The molecule has 6 heteroatoms. The van der Waals surface area contributed by atoms with Crippen molar-refractivity contribution in [3.8, 4) is 5.69 Å². The monoisotopic (exact) mass is 388 g/mol. The molecule has 4 aromatic rings. The molecule has 0 atom stereocenters. The van der Waals surface area contributed by atoms with Crippen LogP contribution in [0.15, 0.2) is 72.8 Å². The smallest absolute Gasteiger partial charge is 0.248 e. The van der Waals surface area contributed by atoms with Gasteiger partial charge in [-0.2, -0.15) is 4.80 Å². The highest BCUT2D eigenvalue weighted by molar-refractivity contribution is 6.30. The van der Waals surface area contributed by atoms with E-state index >= 15 is 0 Å². The average Bonchev–Trinajstić information content (AvgIpc) is 3.11. The zero-order valence-corrected chi connectivity index (χ0v) is 15.9. The summed E-state index contributed by atoms with van der Waals surface area (Å²) in [4.78, 5) is 13.8. The number of benzene rings is 3. The summed E-state index contributed by atoms with van der Waals surface area (Å²) in [5, 5.41) is 12.5. The van der Waals surface area contributed by atoms with Crippen LogP contribution in [0.25, 0.3) is 22.8 Å². The Labute approximate surface area is 167 Å². The summed E-state index contributed by atoms with van der Waals surface area (Å²) in [6, 6.07) is 20.7. The van der Waals surface area contributed by atoms with Crippen molar-refractivity contribution in [1.29, 1.82) is 0 Å². The van der Waals surface area contributed by atoms with Gasteiger partial charge in [0.1, 0.15) is 11.0 Å². The van der Waals surface area contributed by atoms with Crippen molar-refractivity contribution in [2.75, 3.05) is 5.32 Å². The standard InChI is InChI=1S/C22H17ClN4O/c1-15-2-10-19(11-3-15)27-25-20-12-9-18(14-21(20)26-27)24-22(28)13-6-16-4-7-17(23)8-5-16/h2-14H,1H3,(H,24,28)/b13-6+. The molecule has 0 unspecified atom stereocenters. The van der Waals surface area contributed by atoms with Crippen LogP contribution < -0.4 is 5.32 Å². The van der Waals surface area contributed by atoms with E-state index in [2.05, 4.69) is 15.5 Å². The first kappa shape index (κ1) is 17.9. The predicted molar refractivity (Wildman–Crippen MR) is 113 cm³/mol. The van der Waals surface area contributed by atoms with Gasteiger partial charge in [-0.1, -0.05) is 41.4 Å². The molecule has 0 aliphatic rings. The van der Waals surface area contributed by atoms with Gasteiger partial charge in [-0.25, -0.2) is 0 Å². The van der Waals surface area contributed by atoms with Gasteiger partial charge >= 0.3 is 0 Å². The molecule has 1 aromatic heterocycles. The van der Waals surface area contributed by atoms with Crippen LogP contribution in [-0.2, 0) is 4.79 Å². The van der Waals surface area contributed by atoms with Crippen LogP contribution in [0.3, 0.4) is 0 Å². The van der Waals surface area contributed by atoms with Crippen molar-refractivity contribution < 1.29 is 4.79 Å². The molecule has 5 nitrogen and oxygen atoms in total. The number of anilines is 1. The number of aryl methyl sites for hydroxylation is 1. The molecule has 4 rings (SSSR count). The molecule has 3 aromatic carbocycles. The zero-order chi connectivity index (χ0) is 19.5. The number of carbonyl (C=O) groups is 1. The Balaban J connectivity index is 1.50. The van der Waals surface area contributed by atoms with Crippen LogP contribution in [0.2, 0.25) is 5.02 Å². The van der Waals surface area contributed by atoms with Crippen molar-refractivity contribution in [3.63, 3.8) is 0 Å². The van der Waals surface area contributed by atoms with Crippen molar-refractivity contribution >= 4 is 40.3 Å². The first-order valence-electron chi connectivity index (χ1n) is 8.76. The molecule has 0 bridgehead atoms. The summed E-state index contributed by atoms with van der Waals surface area (Å²) >= 11 is 5.86. The first-order chi connectivity index (χ1) is 13.6. The molecule has 0 aliphatic heterocycles. The van der Waals surface area contributed by atoms with Crippen molar-refractivity contribution in [1.82, 2.24) is 15.0 Å². The Morgan fingerprint density at radius 1 is 0.964 bits per heavy atom. The second kappa shape index (κ2) is 7.66. The minimum Gasteiger partial charge on any atom is -0.322 e. The molecular weight excluding hydrogens is 372 g/mol. The fourth-order valence-electron chi connectivity index (χ4n) is 2.72. The summed E-state index contributed by atoms with van der Waals surface area (Å²) in [6.45, 7) is 2.03. The van der Waals surface area contributed by atoms with E-state index in [-0.39, 0.29) is 5.91 Å². The Kier molecular flexibility index (Phi) is 4.91. The average molecular weight is 389 g/mol. The van der Waals surface area contributed by atoms with Crippen LogP contribution in [0, 0.1) is 6.92 Å². The third kappa shape index (κ3) is 4.10. The third-order valence-corrected chi connectivity index (χ3v) is 4.46. The maximum atomic E-state index is 12.2. The number of nitrogens with zero attached hydrogens (tertiary/aromatic N) is 3. The molecule has 0 fully saturated rings. The zero-order valence-electron chi connectivity index (χ0n) is 15.1. The van der Waals surface area contributed by atoms with Gasteiger partial charge in [-0.3, -0.25) is 4.79 Å². The Morgan fingerprint density at radius 2 is 1.68 bits per heavy atom. The van der Waals surface area contributed by atoms with Gasteiger partial charge in [0, 0.05) is 16.8 Å². The van der Waals surface area contributed by atoms with Crippen molar-refractivity contribution in [2.24, 2.45) is 0 Å². The van der Waals surface area contributed by atoms with E-state index in [1.54, 1.807) is 29.1 Å². The highest BCUT2D eigenvalue weighted by atomic mass is 35.5. The summed E-state index contributed by atoms with van der Waals surface area (Å²) in [5.74, 6) is -0.222. The topological polar surface area (TPSA) is 59.8 Å². The van der Waals surface area contributed by atoms with E-state index < -0.39 is 0 Å². The number of hydrogen-bond donors (Lipinski definition) is 1. The lowest BCUT2D eigenvalue weighted by Crippen LogP contribution is -2.07. The Hall–Kier alpha value is -3.44. The van der Waals surface area contributed by atoms with Gasteiger partial charge < -0.3 is 5.32 Å². The maximum Gasteiger partial charge on any atom is 0.248 e. The Morgan fingerprint density at radius 3 is 2.43 bits per heavy atom. The number of aromatic nitrogens is 3. The lowest BCUT2D eigenvalue weighted by atomic mass is 10.2. The molecule has 1 heterocycles. The second-order valence-electron chi connectivity index (χ2n) is 6.40. The van der Waals surface area contributed by atoms with Crippen LogP contribution in [0.5, 0.6) is 0 Å². The van der Waals surface area contributed by atoms with Crippen molar-refractivity contribution in [3.05, 3.63) is 89.0 Å². The highest BCUT2D eigenvalue weighted by Crippen LogP contribution is 2.18. The highest BCUT2D eigenvalue weighted by Gasteiger charge is 2.07. The van der Waals surface area contributed by atoms with E-state index in [1.165, 1.54) is 11.6 Å². The van der Waals surface area contributed by atoms with Crippen LogP contribution >= 0.6 is 11.6 Å².